The molecular formula is C19H16N4O. The summed E-state index contributed by atoms with van der Waals surface area (Å²) in [7, 11) is 0. The lowest BCUT2D eigenvalue weighted by molar-refractivity contribution is -0.112. The summed E-state index contributed by atoms with van der Waals surface area (Å²) in [6.45, 7) is 0. The third-order valence-corrected chi connectivity index (χ3v) is 3.52. The summed E-state index contributed by atoms with van der Waals surface area (Å²) >= 11 is 0. The van der Waals surface area contributed by atoms with Gasteiger partial charge < -0.3 is 11.5 Å². The van der Waals surface area contributed by atoms with E-state index in [2.05, 4.69) is 9.98 Å². The van der Waals surface area contributed by atoms with Gasteiger partial charge in [-0.15, -0.1) is 0 Å². The van der Waals surface area contributed by atoms with Gasteiger partial charge in [0, 0.05) is 18.0 Å². The molecule has 0 saturated carbocycles. The number of nitrogens with zero attached hydrogens (tertiary/aromatic N) is 2. The van der Waals surface area contributed by atoms with Crippen LogP contribution < -0.4 is 11.5 Å². The van der Waals surface area contributed by atoms with Gasteiger partial charge in [0.1, 0.15) is 0 Å². The third-order valence-electron chi connectivity index (χ3n) is 3.52. The number of carbonyl (C=O) groups is 1. The number of aliphatic imine (C=N–C) groups is 1. The zero-order valence-corrected chi connectivity index (χ0v) is 12.9. The van der Waals surface area contributed by atoms with E-state index < -0.39 is 5.91 Å². The number of aromatic nitrogens is 1. The summed E-state index contributed by atoms with van der Waals surface area (Å²) in [4.78, 5) is 20.1. The predicted molar refractivity (Wildman–Crippen MR) is 96.9 cm³/mol. The molecule has 0 atom stereocenters. The van der Waals surface area contributed by atoms with Crippen LogP contribution in [0.1, 0.15) is 11.1 Å². The zero-order chi connectivity index (χ0) is 16.9. The molecule has 0 fully saturated rings. The maximum atomic E-state index is 12.4. The second-order valence-corrected chi connectivity index (χ2v) is 5.25. The minimum atomic E-state index is -0.504. The van der Waals surface area contributed by atoms with Crippen LogP contribution in [0.25, 0.3) is 22.4 Å². The fourth-order valence-electron chi connectivity index (χ4n) is 2.43. The van der Waals surface area contributed by atoms with Crippen molar-refractivity contribution in [2.45, 2.75) is 0 Å². The van der Waals surface area contributed by atoms with Gasteiger partial charge in [-0.25, -0.2) is 0 Å². The Balaban J connectivity index is 2.11. The number of rotatable bonds is 3. The summed E-state index contributed by atoms with van der Waals surface area (Å²) in [5, 5.41) is 2.22. The lowest BCUT2D eigenvalue weighted by Gasteiger charge is -2.05. The molecular weight excluding hydrogens is 300 g/mol. The first-order valence-electron chi connectivity index (χ1n) is 7.38. The average molecular weight is 316 g/mol. The fraction of sp³-hybridized carbons (Fsp3) is 0. The summed E-state index contributed by atoms with van der Waals surface area (Å²) in [6, 6.07) is 17.5. The van der Waals surface area contributed by atoms with E-state index in [9.17, 15) is 4.79 Å². The van der Waals surface area contributed by atoms with E-state index in [0.717, 1.165) is 16.3 Å². The Morgan fingerprint density at radius 1 is 1.00 bits per heavy atom. The summed E-state index contributed by atoms with van der Waals surface area (Å²) in [5.74, 6) is -0.774. The second kappa shape index (κ2) is 6.75. The number of pyridine rings is 1. The molecule has 0 aliphatic heterocycles. The van der Waals surface area contributed by atoms with Gasteiger partial charge in [-0.2, -0.15) is 4.99 Å². The van der Waals surface area contributed by atoms with Crippen molar-refractivity contribution in [1.82, 2.24) is 4.98 Å². The van der Waals surface area contributed by atoms with E-state index in [1.807, 2.05) is 42.5 Å². The Morgan fingerprint density at radius 3 is 2.50 bits per heavy atom. The molecule has 4 N–H and O–H groups in total. The zero-order valence-electron chi connectivity index (χ0n) is 12.9. The number of fused-ring (bicyclic) bond motifs is 1. The molecule has 2 aromatic carbocycles. The number of carbonyl (C=O) groups excluding carboxylic acids is 1. The number of guanidine groups is 1. The lowest BCUT2D eigenvalue weighted by atomic mass is 10.0. The lowest BCUT2D eigenvalue weighted by Crippen LogP contribution is -2.24. The van der Waals surface area contributed by atoms with Crippen LogP contribution in [-0.4, -0.2) is 16.9 Å². The summed E-state index contributed by atoms with van der Waals surface area (Å²) < 4.78 is 0. The van der Waals surface area contributed by atoms with Gasteiger partial charge in [-0.05, 0) is 34.5 Å². The molecule has 118 valence electrons. The number of benzene rings is 2. The van der Waals surface area contributed by atoms with Gasteiger partial charge in [-0.3, -0.25) is 9.78 Å². The highest BCUT2D eigenvalue weighted by molar-refractivity contribution is 6.26. The number of nitrogens with two attached hydrogens (primary N) is 2. The SMILES string of the molecule is NC(N)=NC(=O)/C(=C/c1ccc2ccccc2c1)c1cccnc1. The Bertz CT molecular complexity index is 942. The number of hydrogen-bond acceptors (Lipinski definition) is 2. The largest absolute Gasteiger partial charge is 0.370 e. The molecule has 0 spiro atoms. The minimum Gasteiger partial charge on any atom is -0.370 e. The van der Waals surface area contributed by atoms with Crippen molar-refractivity contribution in [2.24, 2.45) is 16.5 Å². The van der Waals surface area contributed by atoms with Crippen LogP contribution in [0.4, 0.5) is 0 Å². The molecule has 1 amide bonds. The maximum Gasteiger partial charge on any atom is 0.280 e. The summed E-state index contributed by atoms with van der Waals surface area (Å²) in [5.41, 5.74) is 12.6. The van der Waals surface area contributed by atoms with Crippen LogP contribution in [0.5, 0.6) is 0 Å². The Kier molecular flexibility index (Phi) is 4.34. The van der Waals surface area contributed by atoms with Gasteiger partial charge in [0.05, 0.1) is 5.57 Å². The van der Waals surface area contributed by atoms with E-state index in [-0.39, 0.29) is 5.96 Å². The molecule has 3 aromatic rings. The van der Waals surface area contributed by atoms with Crippen molar-refractivity contribution in [3.63, 3.8) is 0 Å². The second-order valence-electron chi connectivity index (χ2n) is 5.25. The molecule has 0 radical (unpaired) electrons. The van der Waals surface area contributed by atoms with Crippen molar-refractivity contribution in [2.75, 3.05) is 0 Å². The van der Waals surface area contributed by atoms with Crippen molar-refractivity contribution < 1.29 is 4.79 Å². The highest BCUT2D eigenvalue weighted by Gasteiger charge is 2.12. The molecule has 0 aliphatic carbocycles. The Labute approximate surface area is 139 Å². The Morgan fingerprint density at radius 2 is 1.79 bits per heavy atom. The predicted octanol–water partition coefficient (Wildman–Crippen LogP) is 2.58. The van der Waals surface area contributed by atoms with Crippen molar-refractivity contribution in [3.8, 4) is 0 Å². The van der Waals surface area contributed by atoms with Gasteiger partial charge in [0.15, 0.2) is 5.96 Å². The Hall–Kier alpha value is -3.47. The van der Waals surface area contributed by atoms with E-state index in [1.54, 1.807) is 30.6 Å². The molecule has 3 rings (SSSR count). The smallest absolute Gasteiger partial charge is 0.280 e. The van der Waals surface area contributed by atoms with Crippen LogP contribution in [-0.2, 0) is 4.79 Å². The van der Waals surface area contributed by atoms with E-state index >= 15 is 0 Å². The highest BCUT2D eigenvalue weighted by atomic mass is 16.1. The average Bonchev–Trinajstić information content (AvgIpc) is 2.59. The standard InChI is InChI=1S/C19H16N4O/c20-19(21)23-18(24)17(16-6-3-9-22-12-16)11-13-7-8-14-4-1-2-5-15(14)10-13/h1-12H,(H4,20,21,23,24)/b17-11+. The molecule has 0 unspecified atom stereocenters. The van der Waals surface area contributed by atoms with Crippen LogP contribution in [0.15, 0.2) is 72.0 Å². The van der Waals surface area contributed by atoms with Crippen molar-refractivity contribution >= 4 is 34.3 Å². The molecule has 0 bridgehead atoms. The van der Waals surface area contributed by atoms with Crippen molar-refractivity contribution in [1.29, 1.82) is 0 Å². The molecule has 5 heteroatoms. The van der Waals surface area contributed by atoms with E-state index in [4.69, 9.17) is 11.5 Å². The topological polar surface area (TPSA) is 94.4 Å². The molecule has 5 nitrogen and oxygen atoms in total. The van der Waals surface area contributed by atoms with Gasteiger partial charge in [0.25, 0.3) is 5.91 Å². The van der Waals surface area contributed by atoms with Crippen LogP contribution in [0.2, 0.25) is 0 Å². The minimum absolute atomic E-state index is 0.270. The van der Waals surface area contributed by atoms with Crippen LogP contribution >= 0.6 is 0 Å². The molecule has 0 aliphatic rings. The molecule has 0 saturated heterocycles. The quantitative estimate of drug-likeness (QED) is 0.441. The highest BCUT2D eigenvalue weighted by Crippen LogP contribution is 2.22. The van der Waals surface area contributed by atoms with E-state index in [1.165, 1.54) is 0 Å². The molecule has 1 aromatic heterocycles. The van der Waals surface area contributed by atoms with Gasteiger partial charge in [0.2, 0.25) is 0 Å². The first-order valence-corrected chi connectivity index (χ1v) is 7.38. The maximum absolute atomic E-state index is 12.4. The van der Waals surface area contributed by atoms with E-state index in [0.29, 0.717) is 11.1 Å². The molecule has 1 heterocycles. The van der Waals surface area contributed by atoms with Gasteiger partial charge in [-0.1, -0.05) is 42.5 Å². The monoisotopic (exact) mass is 316 g/mol. The van der Waals surface area contributed by atoms with Crippen molar-refractivity contribution in [3.05, 3.63) is 78.1 Å². The molecule has 24 heavy (non-hydrogen) atoms. The van der Waals surface area contributed by atoms with Crippen LogP contribution in [0, 0.1) is 0 Å². The first-order chi connectivity index (χ1) is 11.6. The summed E-state index contributed by atoms with van der Waals surface area (Å²) in [6.07, 6.45) is 5.01. The third kappa shape index (κ3) is 3.47. The van der Waals surface area contributed by atoms with Gasteiger partial charge >= 0.3 is 0 Å². The van der Waals surface area contributed by atoms with Crippen LogP contribution in [0.3, 0.4) is 0 Å². The normalized spacial score (nSPS) is 11.2. The number of amides is 1. The fourth-order valence-corrected chi connectivity index (χ4v) is 2.43. The first kappa shape index (κ1) is 15.4. The number of hydrogen-bond donors (Lipinski definition) is 2.